The summed E-state index contributed by atoms with van der Waals surface area (Å²) in [4.78, 5) is 14.1. The van der Waals surface area contributed by atoms with Crippen molar-refractivity contribution in [2.75, 3.05) is 47.6 Å². The normalized spacial score (nSPS) is 11.6. The maximum Gasteiger partial charge on any atom is 0.193 e. The molecule has 0 saturated carbocycles. The Kier molecular flexibility index (Phi) is 7.94. The summed E-state index contributed by atoms with van der Waals surface area (Å²) in [6, 6.07) is 10.2. The number of H-pyrrole nitrogens is 1. The van der Waals surface area contributed by atoms with Crippen molar-refractivity contribution in [3.63, 3.8) is 0 Å². The Morgan fingerprint density at radius 1 is 1.24 bits per heavy atom. The number of hydrogen-bond acceptors (Lipinski definition) is 4. The van der Waals surface area contributed by atoms with E-state index in [1.54, 1.807) is 14.2 Å². The van der Waals surface area contributed by atoms with Gasteiger partial charge in [-0.1, -0.05) is 30.3 Å². The van der Waals surface area contributed by atoms with Crippen molar-refractivity contribution in [3.8, 4) is 11.3 Å². The molecule has 0 radical (unpaired) electrons. The van der Waals surface area contributed by atoms with Crippen molar-refractivity contribution in [1.29, 1.82) is 0 Å². The topological polar surface area (TPSA) is 74.8 Å². The highest BCUT2D eigenvalue weighted by Crippen LogP contribution is 2.16. The number of guanidine groups is 1. The van der Waals surface area contributed by atoms with E-state index in [2.05, 4.69) is 32.4 Å². The molecular formula is C18H27N5O2. The van der Waals surface area contributed by atoms with Gasteiger partial charge < -0.3 is 24.7 Å². The van der Waals surface area contributed by atoms with Gasteiger partial charge in [0.05, 0.1) is 38.3 Å². The van der Waals surface area contributed by atoms with E-state index in [9.17, 15) is 0 Å². The van der Waals surface area contributed by atoms with Crippen LogP contribution in [0.15, 0.2) is 41.5 Å². The molecule has 0 spiro atoms. The van der Waals surface area contributed by atoms with Gasteiger partial charge in [-0.15, -0.1) is 0 Å². The first-order valence-electron chi connectivity index (χ1n) is 8.32. The number of nitrogens with zero attached hydrogens (tertiary/aromatic N) is 3. The number of aliphatic imine (C=N–C) groups is 1. The molecule has 0 fully saturated rings. The standard InChI is InChI=1S/C18H27N5O2/c1-19-18(20-9-10-25-12-11-24-3)23(2)14-17-21-13-16(22-17)15-7-5-4-6-8-15/h4-8,13H,9-12,14H2,1-3H3,(H,19,20)(H,21,22). The van der Waals surface area contributed by atoms with E-state index in [4.69, 9.17) is 9.47 Å². The van der Waals surface area contributed by atoms with Gasteiger partial charge in [-0.2, -0.15) is 0 Å². The number of hydrogen-bond donors (Lipinski definition) is 2. The first-order valence-corrected chi connectivity index (χ1v) is 8.32. The molecule has 0 aliphatic rings. The first kappa shape index (κ1) is 19.0. The molecule has 2 N–H and O–H groups in total. The Labute approximate surface area is 149 Å². The Bertz CT molecular complexity index is 642. The van der Waals surface area contributed by atoms with Gasteiger partial charge in [-0.05, 0) is 5.56 Å². The van der Waals surface area contributed by atoms with Gasteiger partial charge in [0, 0.05) is 27.7 Å². The summed E-state index contributed by atoms with van der Waals surface area (Å²) in [6.07, 6.45) is 1.86. The van der Waals surface area contributed by atoms with Crippen LogP contribution >= 0.6 is 0 Å². The van der Waals surface area contributed by atoms with Crippen molar-refractivity contribution in [2.24, 2.45) is 4.99 Å². The number of imidazole rings is 1. The third kappa shape index (κ3) is 6.21. The number of aromatic amines is 1. The molecule has 25 heavy (non-hydrogen) atoms. The van der Waals surface area contributed by atoms with E-state index in [1.807, 2.05) is 36.3 Å². The smallest absolute Gasteiger partial charge is 0.193 e. The first-order chi connectivity index (χ1) is 12.2. The molecular weight excluding hydrogens is 318 g/mol. The number of methoxy groups -OCH3 is 1. The molecule has 2 rings (SSSR count). The molecule has 0 bridgehead atoms. The van der Waals surface area contributed by atoms with E-state index < -0.39 is 0 Å². The van der Waals surface area contributed by atoms with Crippen LogP contribution < -0.4 is 5.32 Å². The summed E-state index contributed by atoms with van der Waals surface area (Å²) in [7, 11) is 5.41. The summed E-state index contributed by atoms with van der Waals surface area (Å²) in [5.74, 6) is 1.69. The zero-order chi connectivity index (χ0) is 17.9. The van der Waals surface area contributed by atoms with Crippen LogP contribution in [0.4, 0.5) is 0 Å². The van der Waals surface area contributed by atoms with Crippen molar-refractivity contribution in [2.45, 2.75) is 6.54 Å². The molecule has 0 unspecified atom stereocenters. The highest BCUT2D eigenvalue weighted by atomic mass is 16.5. The van der Waals surface area contributed by atoms with Crippen LogP contribution in [-0.4, -0.2) is 68.4 Å². The number of benzene rings is 1. The zero-order valence-corrected chi connectivity index (χ0v) is 15.2. The minimum absolute atomic E-state index is 0.598. The van der Waals surface area contributed by atoms with Crippen molar-refractivity contribution < 1.29 is 9.47 Å². The third-order valence-corrected chi connectivity index (χ3v) is 3.63. The highest BCUT2D eigenvalue weighted by Gasteiger charge is 2.09. The fraction of sp³-hybridized carbons (Fsp3) is 0.444. The van der Waals surface area contributed by atoms with Crippen molar-refractivity contribution >= 4 is 5.96 Å². The molecule has 2 aromatic rings. The second-order valence-electron chi connectivity index (χ2n) is 5.54. The fourth-order valence-corrected chi connectivity index (χ4v) is 2.37. The third-order valence-electron chi connectivity index (χ3n) is 3.63. The molecule has 0 saturated heterocycles. The van der Waals surface area contributed by atoms with Crippen LogP contribution in [0.2, 0.25) is 0 Å². The summed E-state index contributed by atoms with van der Waals surface area (Å²) >= 11 is 0. The number of nitrogens with one attached hydrogen (secondary N) is 2. The largest absolute Gasteiger partial charge is 0.382 e. The van der Waals surface area contributed by atoms with E-state index >= 15 is 0 Å². The predicted molar refractivity (Wildman–Crippen MR) is 99.5 cm³/mol. The minimum Gasteiger partial charge on any atom is -0.382 e. The van der Waals surface area contributed by atoms with Crippen LogP contribution in [0.5, 0.6) is 0 Å². The quantitative estimate of drug-likeness (QED) is 0.411. The fourth-order valence-electron chi connectivity index (χ4n) is 2.37. The minimum atomic E-state index is 0.598. The summed E-state index contributed by atoms with van der Waals surface area (Å²) < 4.78 is 10.4. The molecule has 0 atom stereocenters. The molecule has 7 heteroatoms. The average Bonchev–Trinajstić information content (AvgIpc) is 3.10. The second-order valence-corrected chi connectivity index (χ2v) is 5.54. The SMILES string of the molecule is CN=C(NCCOCCOC)N(C)Cc1ncc(-c2ccccc2)[nH]1. The van der Waals surface area contributed by atoms with Gasteiger partial charge in [0.2, 0.25) is 0 Å². The van der Waals surface area contributed by atoms with Gasteiger partial charge in [0.15, 0.2) is 5.96 Å². The second kappa shape index (κ2) is 10.5. The lowest BCUT2D eigenvalue weighted by Gasteiger charge is -2.21. The van der Waals surface area contributed by atoms with E-state index in [0.717, 1.165) is 23.0 Å². The molecule has 0 aliphatic carbocycles. The Hall–Kier alpha value is -2.38. The van der Waals surface area contributed by atoms with Crippen LogP contribution in [0.25, 0.3) is 11.3 Å². The van der Waals surface area contributed by atoms with Crippen LogP contribution in [0.1, 0.15) is 5.82 Å². The Morgan fingerprint density at radius 3 is 2.76 bits per heavy atom. The van der Waals surface area contributed by atoms with Gasteiger partial charge in [-0.25, -0.2) is 4.98 Å². The van der Waals surface area contributed by atoms with Crippen molar-refractivity contribution in [1.82, 2.24) is 20.2 Å². The number of rotatable bonds is 9. The van der Waals surface area contributed by atoms with Gasteiger partial charge >= 0.3 is 0 Å². The monoisotopic (exact) mass is 345 g/mol. The van der Waals surface area contributed by atoms with Crippen LogP contribution in [0.3, 0.4) is 0 Å². The molecule has 0 aliphatic heterocycles. The van der Waals surface area contributed by atoms with Gasteiger partial charge in [-0.3, -0.25) is 4.99 Å². The number of aromatic nitrogens is 2. The highest BCUT2D eigenvalue weighted by molar-refractivity contribution is 5.79. The van der Waals surface area contributed by atoms with Gasteiger partial charge in [0.25, 0.3) is 0 Å². The predicted octanol–water partition coefficient (Wildman–Crippen LogP) is 1.75. The summed E-state index contributed by atoms with van der Waals surface area (Å²) in [5, 5.41) is 3.27. The van der Waals surface area contributed by atoms with E-state index in [1.165, 1.54) is 0 Å². The lowest BCUT2D eigenvalue weighted by molar-refractivity contribution is 0.0731. The number of ether oxygens (including phenoxy) is 2. The molecule has 136 valence electrons. The van der Waals surface area contributed by atoms with Gasteiger partial charge in [0.1, 0.15) is 5.82 Å². The lowest BCUT2D eigenvalue weighted by Crippen LogP contribution is -2.40. The molecule has 7 nitrogen and oxygen atoms in total. The Morgan fingerprint density at radius 2 is 2.04 bits per heavy atom. The molecule has 1 aromatic carbocycles. The molecule has 1 aromatic heterocycles. The zero-order valence-electron chi connectivity index (χ0n) is 15.2. The Balaban J connectivity index is 1.81. The molecule has 1 heterocycles. The van der Waals surface area contributed by atoms with Crippen LogP contribution in [-0.2, 0) is 16.0 Å². The lowest BCUT2D eigenvalue weighted by atomic mass is 10.2. The van der Waals surface area contributed by atoms with Crippen LogP contribution in [0, 0.1) is 0 Å². The summed E-state index contributed by atoms with van der Waals surface area (Å²) in [5.41, 5.74) is 2.14. The van der Waals surface area contributed by atoms with E-state index in [0.29, 0.717) is 32.9 Å². The molecule has 0 amide bonds. The maximum atomic E-state index is 5.44. The average molecular weight is 345 g/mol. The summed E-state index contributed by atoms with van der Waals surface area (Å²) in [6.45, 7) is 3.14. The van der Waals surface area contributed by atoms with Crippen molar-refractivity contribution in [3.05, 3.63) is 42.4 Å². The maximum absolute atomic E-state index is 5.44. The van der Waals surface area contributed by atoms with E-state index in [-0.39, 0.29) is 0 Å².